The first kappa shape index (κ1) is 19.0. The number of carbonyl (C=O) groups excluding carboxylic acids is 1. The van der Waals surface area contributed by atoms with Crippen LogP contribution in [0.25, 0.3) is 0 Å². The lowest BCUT2D eigenvalue weighted by molar-refractivity contribution is 0.0156. The summed E-state index contributed by atoms with van der Waals surface area (Å²) >= 11 is 0. The Morgan fingerprint density at radius 2 is 1.80 bits per heavy atom. The minimum atomic E-state index is -0.409. The largest absolute Gasteiger partial charge is 0.444 e. The number of ether oxygens (including phenoxy) is 1. The standard InChI is InChI=1S/C20H37N3O2/c1-20(2,3)25-19(24)23-10-6-7-15(14-23)13-21-16-11-17-8-5-9-18(12-16)22(17)4/h15-18,21H,5-14H2,1-4H3. The normalized spacial score (nSPS) is 34.0. The number of carbonyl (C=O) groups is 1. The highest BCUT2D eigenvalue weighted by Crippen LogP contribution is 2.32. The van der Waals surface area contributed by atoms with E-state index in [9.17, 15) is 4.79 Å². The maximum absolute atomic E-state index is 12.3. The van der Waals surface area contributed by atoms with E-state index in [1.54, 1.807) is 0 Å². The zero-order valence-electron chi connectivity index (χ0n) is 16.6. The van der Waals surface area contributed by atoms with Gasteiger partial charge in [0.25, 0.3) is 0 Å². The fourth-order valence-electron chi connectivity index (χ4n) is 4.84. The van der Waals surface area contributed by atoms with Crippen LogP contribution >= 0.6 is 0 Å². The molecule has 3 unspecified atom stereocenters. The maximum Gasteiger partial charge on any atom is 0.410 e. The summed E-state index contributed by atoms with van der Waals surface area (Å²) < 4.78 is 5.54. The molecule has 3 fully saturated rings. The van der Waals surface area contributed by atoms with Crippen LogP contribution in [0.15, 0.2) is 0 Å². The van der Waals surface area contributed by atoms with Crippen molar-refractivity contribution in [3.05, 3.63) is 0 Å². The van der Waals surface area contributed by atoms with Gasteiger partial charge in [-0.1, -0.05) is 6.42 Å². The predicted molar refractivity (Wildman–Crippen MR) is 101 cm³/mol. The molecule has 144 valence electrons. The summed E-state index contributed by atoms with van der Waals surface area (Å²) in [7, 11) is 2.31. The summed E-state index contributed by atoms with van der Waals surface area (Å²) in [6, 6.07) is 2.20. The van der Waals surface area contributed by atoms with Crippen LogP contribution in [0.2, 0.25) is 0 Å². The minimum absolute atomic E-state index is 0.147. The molecule has 5 heteroatoms. The van der Waals surface area contributed by atoms with E-state index >= 15 is 0 Å². The van der Waals surface area contributed by atoms with Crippen molar-refractivity contribution in [1.29, 1.82) is 0 Å². The molecule has 0 radical (unpaired) electrons. The van der Waals surface area contributed by atoms with Gasteiger partial charge in [-0.3, -0.25) is 0 Å². The molecule has 0 aromatic heterocycles. The molecule has 5 nitrogen and oxygen atoms in total. The summed E-state index contributed by atoms with van der Waals surface area (Å²) in [5.74, 6) is 0.556. The zero-order valence-corrected chi connectivity index (χ0v) is 16.6. The first-order chi connectivity index (χ1) is 11.8. The van der Waals surface area contributed by atoms with E-state index in [1.807, 2.05) is 25.7 Å². The van der Waals surface area contributed by atoms with Crippen LogP contribution in [-0.2, 0) is 4.74 Å². The number of nitrogens with zero attached hydrogens (tertiary/aromatic N) is 2. The molecule has 3 aliphatic rings. The van der Waals surface area contributed by atoms with Crippen LogP contribution in [0.4, 0.5) is 4.79 Å². The number of nitrogens with one attached hydrogen (secondary N) is 1. The van der Waals surface area contributed by atoms with Crippen LogP contribution in [0.3, 0.4) is 0 Å². The van der Waals surface area contributed by atoms with Gasteiger partial charge in [0, 0.05) is 31.2 Å². The first-order valence-electron chi connectivity index (χ1n) is 10.2. The molecular formula is C20H37N3O2. The number of piperidine rings is 3. The highest BCUT2D eigenvalue weighted by molar-refractivity contribution is 5.68. The summed E-state index contributed by atoms with van der Waals surface area (Å²) in [4.78, 5) is 16.8. The Bertz CT molecular complexity index is 448. The Morgan fingerprint density at radius 3 is 2.44 bits per heavy atom. The third-order valence-corrected chi connectivity index (χ3v) is 6.21. The van der Waals surface area contributed by atoms with Crippen molar-refractivity contribution < 1.29 is 9.53 Å². The fourth-order valence-corrected chi connectivity index (χ4v) is 4.84. The van der Waals surface area contributed by atoms with Crippen molar-refractivity contribution >= 4 is 6.09 Å². The van der Waals surface area contributed by atoms with Crippen molar-refractivity contribution in [2.75, 3.05) is 26.7 Å². The van der Waals surface area contributed by atoms with Gasteiger partial charge >= 0.3 is 6.09 Å². The number of rotatable bonds is 3. The SMILES string of the molecule is CN1C2CCCC1CC(NCC1CCCN(C(=O)OC(C)(C)C)C1)C2. The van der Waals surface area contributed by atoms with E-state index in [1.165, 1.54) is 38.5 Å². The van der Waals surface area contributed by atoms with Gasteiger partial charge in [-0.25, -0.2) is 4.79 Å². The van der Waals surface area contributed by atoms with Gasteiger partial charge in [0.1, 0.15) is 5.60 Å². The van der Waals surface area contributed by atoms with E-state index in [4.69, 9.17) is 4.74 Å². The fraction of sp³-hybridized carbons (Fsp3) is 0.950. The highest BCUT2D eigenvalue weighted by Gasteiger charge is 2.36. The van der Waals surface area contributed by atoms with Crippen molar-refractivity contribution in [1.82, 2.24) is 15.1 Å². The second-order valence-electron chi connectivity index (χ2n) is 9.42. The summed E-state index contributed by atoms with van der Waals surface area (Å²) in [5.41, 5.74) is -0.409. The predicted octanol–water partition coefficient (Wildman–Crippen LogP) is 3.24. The molecule has 0 aromatic carbocycles. The molecule has 0 aromatic rings. The molecule has 25 heavy (non-hydrogen) atoms. The van der Waals surface area contributed by atoms with Crippen LogP contribution < -0.4 is 5.32 Å². The van der Waals surface area contributed by atoms with E-state index < -0.39 is 5.60 Å². The van der Waals surface area contributed by atoms with Crippen LogP contribution in [0.1, 0.15) is 65.7 Å². The third kappa shape index (κ3) is 5.10. The van der Waals surface area contributed by atoms with E-state index in [0.717, 1.165) is 38.1 Å². The number of amides is 1. The van der Waals surface area contributed by atoms with Crippen LogP contribution in [-0.4, -0.2) is 66.3 Å². The van der Waals surface area contributed by atoms with Gasteiger partial charge in [0.2, 0.25) is 0 Å². The average Bonchev–Trinajstić information content (AvgIpc) is 2.52. The van der Waals surface area contributed by atoms with Crippen LogP contribution in [0, 0.1) is 5.92 Å². The second-order valence-corrected chi connectivity index (χ2v) is 9.42. The average molecular weight is 352 g/mol. The van der Waals surface area contributed by atoms with Crippen molar-refractivity contribution in [3.8, 4) is 0 Å². The number of hydrogen-bond acceptors (Lipinski definition) is 4. The number of fused-ring (bicyclic) bond motifs is 2. The molecule has 1 N–H and O–H groups in total. The Morgan fingerprint density at radius 1 is 1.12 bits per heavy atom. The first-order valence-corrected chi connectivity index (χ1v) is 10.2. The highest BCUT2D eigenvalue weighted by atomic mass is 16.6. The lowest BCUT2D eigenvalue weighted by Crippen LogP contribution is -2.55. The second kappa shape index (κ2) is 7.83. The molecule has 3 atom stereocenters. The maximum atomic E-state index is 12.3. The quantitative estimate of drug-likeness (QED) is 0.848. The summed E-state index contributed by atoms with van der Waals surface area (Å²) in [6.45, 7) is 8.51. The number of likely N-dealkylation sites (tertiary alicyclic amines) is 1. The van der Waals surface area contributed by atoms with Crippen molar-refractivity contribution in [2.45, 2.75) is 89.4 Å². The van der Waals surface area contributed by atoms with E-state index in [2.05, 4.69) is 17.3 Å². The molecule has 3 rings (SSSR count). The van der Waals surface area contributed by atoms with Gasteiger partial charge in [-0.15, -0.1) is 0 Å². The van der Waals surface area contributed by atoms with Crippen LogP contribution in [0.5, 0.6) is 0 Å². The van der Waals surface area contributed by atoms with Gasteiger partial charge in [-0.2, -0.15) is 0 Å². The van der Waals surface area contributed by atoms with Gasteiger partial charge in [0.05, 0.1) is 0 Å². The summed E-state index contributed by atoms with van der Waals surface area (Å²) in [5, 5.41) is 3.84. The topological polar surface area (TPSA) is 44.8 Å². The molecule has 3 aliphatic heterocycles. The molecule has 0 spiro atoms. The van der Waals surface area contributed by atoms with E-state index in [0.29, 0.717) is 12.0 Å². The smallest absolute Gasteiger partial charge is 0.410 e. The molecule has 1 amide bonds. The molecule has 0 aliphatic carbocycles. The Labute approximate surface area is 153 Å². The zero-order chi connectivity index (χ0) is 18.0. The Kier molecular flexibility index (Phi) is 5.94. The molecule has 3 saturated heterocycles. The monoisotopic (exact) mass is 351 g/mol. The van der Waals surface area contributed by atoms with Gasteiger partial charge in [0.15, 0.2) is 0 Å². The number of hydrogen-bond donors (Lipinski definition) is 1. The lowest BCUT2D eigenvalue weighted by Gasteiger charge is -2.47. The van der Waals surface area contributed by atoms with Gasteiger partial charge < -0.3 is 19.9 Å². The van der Waals surface area contributed by atoms with E-state index in [-0.39, 0.29) is 6.09 Å². The third-order valence-electron chi connectivity index (χ3n) is 6.21. The lowest BCUT2D eigenvalue weighted by atomic mass is 9.82. The molecule has 2 bridgehead atoms. The van der Waals surface area contributed by atoms with Crippen molar-refractivity contribution in [2.24, 2.45) is 5.92 Å². The Hall–Kier alpha value is -0.810. The molecular weight excluding hydrogens is 314 g/mol. The Balaban J connectivity index is 1.45. The van der Waals surface area contributed by atoms with Crippen molar-refractivity contribution in [3.63, 3.8) is 0 Å². The molecule has 3 heterocycles. The molecule has 0 saturated carbocycles. The summed E-state index contributed by atoms with van der Waals surface area (Å²) in [6.07, 6.45) is 8.86. The van der Waals surface area contributed by atoms with Gasteiger partial charge in [-0.05, 0) is 78.8 Å². The minimum Gasteiger partial charge on any atom is -0.444 e.